The number of rotatable bonds is 0. The molecule has 0 spiro atoms. The van der Waals surface area contributed by atoms with E-state index in [1.54, 1.807) is 7.05 Å². The van der Waals surface area contributed by atoms with Crippen LogP contribution in [0.4, 0.5) is 0 Å². The Kier molecular flexibility index (Phi) is 1.27. The minimum atomic E-state index is 0.000000000000000444. The quantitative estimate of drug-likeness (QED) is 0.472. The molecule has 1 N–H and O–H groups in total. The normalized spacial score (nSPS) is 27.8. The van der Waals surface area contributed by atoms with Crippen molar-refractivity contribution in [2.45, 2.75) is 13.3 Å². The van der Waals surface area contributed by atoms with E-state index < -0.39 is 0 Å². The van der Waals surface area contributed by atoms with Gasteiger partial charge in [0.05, 0.1) is 12.3 Å². The second kappa shape index (κ2) is 1.83. The zero-order valence-corrected chi connectivity index (χ0v) is 5.59. The molecule has 50 valence electrons. The Morgan fingerprint density at radius 2 is 2.33 bits per heavy atom. The molecule has 1 amide bonds. The summed E-state index contributed by atoms with van der Waals surface area (Å²) in [6, 6.07) is 0. The van der Waals surface area contributed by atoms with Gasteiger partial charge in [-0.05, 0) is 6.92 Å². The number of aliphatic hydroxyl groups is 1. The number of aliphatic hydroxyl groups excluding tert-OH is 1. The van der Waals surface area contributed by atoms with Crippen molar-refractivity contribution >= 4 is 11.8 Å². The van der Waals surface area contributed by atoms with Gasteiger partial charge in [0.15, 0.2) is 0 Å². The van der Waals surface area contributed by atoms with E-state index in [0.29, 0.717) is 6.42 Å². The molecular formula is C6H10NO2+. The molecule has 0 aromatic rings. The molecule has 0 aromatic heterocycles. The van der Waals surface area contributed by atoms with Gasteiger partial charge in [0.2, 0.25) is 0 Å². The molecular weight excluding hydrogens is 118 g/mol. The molecule has 1 atom stereocenters. The first-order chi connectivity index (χ1) is 4.13. The molecule has 0 saturated heterocycles. The predicted octanol–water partition coefficient (Wildman–Crippen LogP) is 0.152. The highest BCUT2D eigenvalue weighted by atomic mass is 16.3. The summed E-state index contributed by atoms with van der Waals surface area (Å²) in [5.41, 5.74) is 0. The van der Waals surface area contributed by atoms with Crippen LogP contribution in [0.2, 0.25) is 0 Å². The van der Waals surface area contributed by atoms with Crippen molar-refractivity contribution in [2.75, 3.05) is 7.05 Å². The summed E-state index contributed by atoms with van der Waals surface area (Å²) in [6.07, 6.45) is 0.447. The lowest BCUT2D eigenvalue weighted by molar-refractivity contribution is -0.420. The molecule has 1 unspecified atom stereocenters. The van der Waals surface area contributed by atoms with Gasteiger partial charge in [0.25, 0.3) is 0 Å². The molecule has 0 saturated carbocycles. The molecule has 0 aromatic carbocycles. The van der Waals surface area contributed by atoms with Gasteiger partial charge in [-0.25, -0.2) is 4.79 Å². The largest absolute Gasteiger partial charge is 0.463 e. The van der Waals surface area contributed by atoms with Gasteiger partial charge in [0.1, 0.15) is 7.05 Å². The Balaban J connectivity index is 2.92. The van der Waals surface area contributed by atoms with E-state index in [1.165, 1.54) is 4.58 Å². The summed E-state index contributed by atoms with van der Waals surface area (Å²) in [5, 5.41) is 9.06. The lowest BCUT2D eigenvalue weighted by Gasteiger charge is -1.87. The van der Waals surface area contributed by atoms with E-state index in [4.69, 9.17) is 5.11 Å². The van der Waals surface area contributed by atoms with Crippen molar-refractivity contribution in [3.8, 4) is 0 Å². The number of hydrogen-bond acceptors (Lipinski definition) is 1. The van der Waals surface area contributed by atoms with Crippen molar-refractivity contribution in [2.24, 2.45) is 5.92 Å². The molecule has 1 heterocycles. The molecule has 1 aliphatic rings. The molecule has 3 nitrogen and oxygen atoms in total. The molecule has 3 heteroatoms. The average Bonchev–Trinajstić information content (AvgIpc) is 1.98. The van der Waals surface area contributed by atoms with E-state index in [-0.39, 0.29) is 17.7 Å². The molecule has 0 aliphatic carbocycles. The fraction of sp³-hybridized carbons (Fsp3) is 0.667. The predicted molar refractivity (Wildman–Crippen MR) is 32.6 cm³/mol. The standard InChI is InChI=1S/C6H9NO2/c1-4-3-5(8)7(2)6(4)9/h4H,3H2,1-2H3/p+1. The Hall–Kier alpha value is -0.860. The maximum absolute atomic E-state index is 10.7. The third-order valence-corrected chi connectivity index (χ3v) is 1.64. The third kappa shape index (κ3) is 0.823. The Morgan fingerprint density at radius 1 is 1.78 bits per heavy atom. The number of carbonyl (C=O) groups excluding carboxylic acids is 1. The monoisotopic (exact) mass is 128 g/mol. The van der Waals surface area contributed by atoms with Crippen LogP contribution in [-0.4, -0.2) is 28.5 Å². The molecule has 1 aliphatic heterocycles. The first kappa shape index (κ1) is 6.26. The summed E-state index contributed by atoms with van der Waals surface area (Å²) >= 11 is 0. The molecule has 1 rings (SSSR count). The summed E-state index contributed by atoms with van der Waals surface area (Å²) in [5.74, 6) is 0.211. The second-order valence-corrected chi connectivity index (χ2v) is 2.42. The van der Waals surface area contributed by atoms with Crippen molar-refractivity contribution in [1.29, 1.82) is 0 Å². The highest BCUT2D eigenvalue weighted by molar-refractivity contribution is 5.87. The van der Waals surface area contributed by atoms with Gasteiger partial charge >= 0.3 is 11.8 Å². The molecule has 9 heavy (non-hydrogen) atoms. The fourth-order valence-corrected chi connectivity index (χ4v) is 0.948. The van der Waals surface area contributed by atoms with E-state index in [9.17, 15) is 4.79 Å². The number of nitrogens with zero attached hydrogens (tertiary/aromatic N) is 1. The third-order valence-electron chi connectivity index (χ3n) is 1.64. The van der Waals surface area contributed by atoms with Crippen LogP contribution in [-0.2, 0) is 4.79 Å². The van der Waals surface area contributed by atoms with Crippen LogP contribution >= 0.6 is 0 Å². The van der Waals surface area contributed by atoms with Gasteiger partial charge in [-0.3, -0.25) is 0 Å². The lowest BCUT2D eigenvalue weighted by atomic mass is 10.1. The topological polar surface area (TPSA) is 40.3 Å². The first-order valence-corrected chi connectivity index (χ1v) is 2.95. The average molecular weight is 128 g/mol. The van der Waals surface area contributed by atoms with Gasteiger partial charge in [-0.15, -0.1) is 4.58 Å². The smallest absolute Gasteiger partial charge is 0.390 e. The van der Waals surface area contributed by atoms with E-state index in [2.05, 4.69) is 0 Å². The highest BCUT2D eigenvalue weighted by Crippen LogP contribution is 2.10. The Labute approximate surface area is 53.6 Å². The van der Waals surface area contributed by atoms with Crippen LogP contribution < -0.4 is 0 Å². The minimum Gasteiger partial charge on any atom is -0.463 e. The minimum absolute atomic E-state index is 0.000000000000000444. The number of amides is 1. The zero-order chi connectivity index (χ0) is 7.02. The summed E-state index contributed by atoms with van der Waals surface area (Å²) < 4.78 is 1.30. The SMILES string of the molecule is CC1CC(=O)[N+](C)=C1O. The van der Waals surface area contributed by atoms with Crippen LogP contribution in [0, 0.1) is 5.92 Å². The summed E-state index contributed by atoms with van der Waals surface area (Å²) in [7, 11) is 1.58. The molecule has 0 fully saturated rings. The Morgan fingerprint density at radius 3 is 2.44 bits per heavy atom. The zero-order valence-electron chi connectivity index (χ0n) is 5.59. The van der Waals surface area contributed by atoms with Gasteiger partial charge < -0.3 is 5.11 Å². The van der Waals surface area contributed by atoms with Crippen molar-refractivity contribution in [3.63, 3.8) is 0 Å². The maximum Gasteiger partial charge on any atom is 0.390 e. The van der Waals surface area contributed by atoms with E-state index >= 15 is 0 Å². The first-order valence-electron chi connectivity index (χ1n) is 2.95. The van der Waals surface area contributed by atoms with Crippen LogP contribution in [0.15, 0.2) is 0 Å². The van der Waals surface area contributed by atoms with Crippen molar-refractivity contribution in [3.05, 3.63) is 0 Å². The molecule has 0 radical (unpaired) electrons. The van der Waals surface area contributed by atoms with Crippen molar-refractivity contribution in [1.82, 2.24) is 0 Å². The van der Waals surface area contributed by atoms with E-state index in [0.717, 1.165) is 0 Å². The second-order valence-electron chi connectivity index (χ2n) is 2.42. The number of carbonyl (C=O) groups is 1. The lowest BCUT2D eigenvalue weighted by Crippen LogP contribution is -2.15. The number of hydrogen-bond donors (Lipinski definition) is 1. The van der Waals surface area contributed by atoms with Crippen molar-refractivity contribution < 1.29 is 14.5 Å². The van der Waals surface area contributed by atoms with Crippen LogP contribution in [0.3, 0.4) is 0 Å². The summed E-state index contributed by atoms with van der Waals surface area (Å²) in [4.78, 5) is 10.7. The van der Waals surface area contributed by atoms with Gasteiger partial charge in [-0.1, -0.05) is 0 Å². The highest BCUT2D eigenvalue weighted by Gasteiger charge is 2.34. The Bertz CT molecular complexity index is 183. The maximum atomic E-state index is 10.7. The fourth-order valence-electron chi connectivity index (χ4n) is 0.948. The van der Waals surface area contributed by atoms with Gasteiger partial charge in [0, 0.05) is 0 Å². The van der Waals surface area contributed by atoms with Crippen LogP contribution in [0.25, 0.3) is 0 Å². The van der Waals surface area contributed by atoms with Crippen LogP contribution in [0.1, 0.15) is 13.3 Å². The molecule has 0 bridgehead atoms. The van der Waals surface area contributed by atoms with Crippen LogP contribution in [0.5, 0.6) is 0 Å². The van der Waals surface area contributed by atoms with E-state index in [1.807, 2.05) is 6.92 Å². The van der Waals surface area contributed by atoms with Gasteiger partial charge in [-0.2, -0.15) is 0 Å². The summed E-state index contributed by atoms with van der Waals surface area (Å²) in [6.45, 7) is 1.83.